The van der Waals surface area contributed by atoms with E-state index in [2.05, 4.69) is 20.4 Å². The van der Waals surface area contributed by atoms with Crippen molar-refractivity contribution in [3.63, 3.8) is 0 Å². The summed E-state index contributed by atoms with van der Waals surface area (Å²) in [5, 5.41) is 11.5. The molecule has 1 N–H and O–H groups in total. The minimum absolute atomic E-state index is 0.00407. The molecule has 1 aliphatic rings. The third-order valence-corrected chi connectivity index (χ3v) is 4.59. The van der Waals surface area contributed by atoms with Gasteiger partial charge in [-0.2, -0.15) is 0 Å². The first-order valence-corrected chi connectivity index (χ1v) is 8.61. The molecule has 0 saturated carbocycles. The molecule has 5 nitrogen and oxygen atoms in total. The summed E-state index contributed by atoms with van der Waals surface area (Å²) in [6, 6.07) is 13.6. The topological polar surface area (TPSA) is 58.1 Å². The molecule has 1 fully saturated rings. The summed E-state index contributed by atoms with van der Waals surface area (Å²) >= 11 is 5.79. The van der Waals surface area contributed by atoms with Gasteiger partial charge in [0.2, 0.25) is 5.91 Å². The Bertz CT molecular complexity index is 677. The van der Waals surface area contributed by atoms with E-state index in [1.807, 2.05) is 43.3 Å². The molecule has 6 heteroatoms. The van der Waals surface area contributed by atoms with E-state index in [9.17, 15) is 4.79 Å². The highest BCUT2D eigenvalue weighted by molar-refractivity contribution is 6.29. The van der Waals surface area contributed by atoms with Crippen LogP contribution in [0.1, 0.15) is 31.4 Å². The van der Waals surface area contributed by atoms with Gasteiger partial charge < -0.3 is 10.2 Å². The van der Waals surface area contributed by atoms with Gasteiger partial charge in [-0.1, -0.05) is 41.9 Å². The molecule has 2 aromatic rings. The Morgan fingerprint density at radius 2 is 2.04 bits per heavy atom. The van der Waals surface area contributed by atoms with Gasteiger partial charge in [0, 0.05) is 13.1 Å². The van der Waals surface area contributed by atoms with Gasteiger partial charge in [0.05, 0.1) is 12.0 Å². The maximum atomic E-state index is 12.6. The van der Waals surface area contributed by atoms with Crippen LogP contribution in [0.5, 0.6) is 0 Å². The van der Waals surface area contributed by atoms with Crippen LogP contribution in [0.4, 0.5) is 5.82 Å². The Morgan fingerprint density at radius 1 is 1.25 bits per heavy atom. The smallest absolute Gasteiger partial charge is 0.225 e. The fraction of sp³-hybridized carbons (Fsp3) is 0.389. The van der Waals surface area contributed by atoms with E-state index in [0.29, 0.717) is 11.7 Å². The highest BCUT2D eigenvalue weighted by atomic mass is 35.5. The number of halogens is 1. The van der Waals surface area contributed by atoms with Crippen LogP contribution in [0.15, 0.2) is 42.5 Å². The molecular formula is C18H21ClN4O. The lowest BCUT2D eigenvalue weighted by atomic mass is 9.96. The summed E-state index contributed by atoms with van der Waals surface area (Å²) in [5.74, 6) is 0.827. The normalized spacial score (nSPS) is 18.9. The lowest BCUT2D eigenvalue weighted by Gasteiger charge is -2.33. The summed E-state index contributed by atoms with van der Waals surface area (Å²) < 4.78 is 0. The third kappa shape index (κ3) is 4.03. The number of carbonyl (C=O) groups is 1. The molecule has 1 saturated heterocycles. The minimum Gasteiger partial charge on any atom is -0.354 e. The molecule has 0 spiro atoms. The van der Waals surface area contributed by atoms with Gasteiger partial charge in [0.25, 0.3) is 0 Å². The van der Waals surface area contributed by atoms with E-state index >= 15 is 0 Å². The van der Waals surface area contributed by atoms with Crippen molar-refractivity contribution in [3.05, 3.63) is 53.2 Å². The summed E-state index contributed by atoms with van der Waals surface area (Å²) in [5.41, 5.74) is 1.11. The SMILES string of the molecule is CC(NC(=O)C1CCCN(c2ccc(Cl)nn2)C1)c1ccccc1. The van der Waals surface area contributed by atoms with Gasteiger partial charge in [0.1, 0.15) is 0 Å². The predicted octanol–water partition coefficient (Wildman–Crippen LogP) is 3.22. The van der Waals surface area contributed by atoms with Gasteiger partial charge in [-0.25, -0.2) is 0 Å². The van der Waals surface area contributed by atoms with Gasteiger partial charge >= 0.3 is 0 Å². The number of anilines is 1. The monoisotopic (exact) mass is 344 g/mol. The number of carbonyl (C=O) groups excluding carboxylic acids is 1. The Morgan fingerprint density at radius 3 is 2.75 bits per heavy atom. The molecule has 0 radical (unpaired) electrons. The minimum atomic E-state index is -0.0395. The average molecular weight is 345 g/mol. The highest BCUT2D eigenvalue weighted by Gasteiger charge is 2.27. The first kappa shape index (κ1) is 16.7. The molecule has 2 unspecified atom stereocenters. The van der Waals surface area contributed by atoms with Crippen LogP contribution in [0, 0.1) is 5.92 Å². The molecule has 1 aromatic carbocycles. The maximum absolute atomic E-state index is 12.6. The molecule has 24 heavy (non-hydrogen) atoms. The van der Waals surface area contributed by atoms with Crippen LogP contribution in [0.3, 0.4) is 0 Å². The second kappa shape index (κ2) is 7.62. The largest absolute Gasteiger partial charge is 0.354 e. The van der Waals surface area contributed by atoms with Crippen LogP contribution < -0.4 is 10.2 Å². The van der Waals surface area contributed by atoms with Gasteiger partial charge in [-0.15, -0.1) is 10.2 Å². The Kier molecular flexibility index (Phi) is 5.30. The molecule has 1 amide bonds. The highest BCUT2D eigenvalue weighted by Crippen LogP contribution is 2.23. The Labute approximate surface area is 147 Å². The van der Waals surface area contributed by atoms with E-state index in [4.69, 9.17) is 11.6 Å². The van der Waals surface area contributed by atoms with Crippen molar-refractivity contribution in [2.45, 2.75) is 25.8 Å². The van der Waals surface area contributed by atoms with Crippen molar-refractivity contribution in [3.8, 4) is 0 Å². The van der Waals surface area contributed by atoms with E-state index in [1.165, 1.54) is 0 Å². The molecular weight excluding hydrogens is 324 g/mol. The van der Waals surface area contributed by atoms with Crippen molar-refractivity contribution in [1.29, 1.82) is 0 Å². The number of piperidine rings is 1. The lowest BCUT2D eigenvalue weighted by molar-refractivity contribution is -0.125. The Hall–Kier alpha value is -2.14. The Balaban J connectivity index is 1.61. The van der Waals surface area contributed by atoms with Crippen LogP contribution >= 0.6 is 11.6 Å². The van der Waals surface area contributed by atoms with E-state index < -0.39 is 0 Å². The lowest BCUT2D eigenvalue weighted by Crippen LogP contribution is -2.44. The number of hydrogen-bond acceptors (Lipinski definition) is 4. The fourth-order valence-electron chi connectivity index (χ4n) is 3.03. The molecule has 1 aromatic heterocycles. The van der Waals surface area contributed by atoms with Crippen molar-refractivity contribution in [1.82, 2.24) is 15.5 Å². The standard InChI is InChI=1S/C18H21ClN4O/c1-13(14-6-3-2-4-7-14)20-18(24)15-8-5-11-23(12-15)17-10-9-16(19)21-22-17/h2-4,6-7,9-10,13,15H,5,8,11-12H2,1H3,(H,20,24). The fourth-order valence-corrected chi connectivity index (χ4v) is 3.13. The van der Waals surface area contributed by atoms with Gasteiger partial charge in [-0.3, -0.25) is 4.79 Å². The molecule has 0 aliphatic carbocycles. The van der Waals surface area contributed by atoms with Gasteiger partial charge in [-0.05, 0) is 37.5 Å². The molecule has 2 heterocycles. The number of nitrogens with zero attached hydrogens (tertiary/aromatic N) is 3. The maximum Gasteiger partial charge on any atom is 0.225 e. The summed E-state index contributed by atoms with van der Waals surface area (Å²) in [4.78, 5) is 14.7. The van der Waals surface area contributed by atoms with E-state index in [-0.39, 0.29) is 17.9 Å². The quantitative estimate of drug-likeness (QED) is 0.925. The molecule has 2 atom stereocenters. The van der Waals surface area contributed by atoms with Crippen LogP contribution in [-0.4, -0.2) is 29.2 Å². The second-order valence-corrected chi connectivity index (χ2v) is 6.53. The van der Waals surface area contributed by atoms with Crippen molar-refractivity contribution in [2.75, 3.05) is 18.0 Å². The number of rotatable bonds is 4. The first-order chi connectivity index (χ1) is 11.6. The number of nitrogens with one attached hydrogen (secondary N) is 1. The number of amides is 1. The van der Waals surface area contributed by atoms with Crippen LogP contribution in [0.2, 0.25) is 5.15 Å². The van der Waals surface area contributed by atoms with E-state index in [0.717, 1.165) is 30.8 Å². The number of hydrogen-bond donors (Lipinski definition) is 1. The summed E-state index contributed by atoms with van der Waals surface area (Å²) in [6.07, 6.45) is 1.85. The molecule has 126 valence electrons. The van der Waals surface area contributed by atoms with Crippen LogP contribution in [-0.2, 0) is 4.79 Å². The second-order valence-electron chi connectivity index (χ2n) is 6.14. The third-order valence-electron chi connectivity index (χ3n) is 4.39. The predicted molar refractivity (Wildman–Crippen MR) is 95.0 cm³/mol. The first-order valence-electron chi connectivity index (χ1n) is 8.23. The zero-order valence-electron chi connectivity index (χ0n) is 13.7. The van der Waals surface area contributed by atoms with Crippen molar-refractivity contribution >= 4 is 23.3 Å². The average Bonchev–Trinajstić information content (AvgIpc) is 2.63. The van der Waals surface area contributed by atoms with Gasteiger partial charge in [0.15, 0.2) is 11.0 Å². The summed E-state index contributed by atoms with van der Waals surface area (Å²) in [7, 11) is 0. The van der Waals surface area contributed by atoms with Crippen molar-refractivity contribution in [2.24, 2.45) is 5.92 Å². The number of aromatic nitrogens is 2. The number of benzene rings is 1. The van der Waals surface area contributed by atoms with Crippen molar-refractivity contribution < 1.29 is 4.79 Å². The zero-order valence-corrected chi connectivity index (χ0v) is 14.4. The van der Waals surface area contributed by atoms with E-state index in [1.54, 1.807) is 6.07 Å². The van der Waals surface area contributed by atoms with Crippen LogP contribution in [0.25, 0.3) is 0 Å². The molecule has 0 bridgehead atoms. The zero-order chi connectivity index (χ0) is 16.9. The summed E-state index contributed by atoms with van der Waals surface area (Å²) in [6.45, 7) is 3.55. The molecule has 1 aliphatic heterocycles. The molecule has 3 rings (SSSR count).